The van der Waals surface area contributed by atoms with Crippen LogP contribution in [-0.4, -0.2) is 29.4 Å². The van der Waals surface area contributed by atoms with Crippen LogP contribution < -0.4 is 16.3 Å². The van der Waals surface area contributed by atoms with Gasteiger partial charge in [-0.15, -0.1) is 0 Å². The van der Waals surface area contributed by atoms with Crippen LogP contribution in [0.4, 0.5) is 0 Å². The molecule has 1 aliphatic rings. The molecule has 1 unspecified atom stereocenters. The Kier molecular flexibility index (Phi) is 5.43. The number of carbonyl (C=O) groups excluding carboxylic acids is 2. The highest BCUT2D eigenvalue weighted by molar-refractivity contribution is 5.98. The van der Waals surface area contributed by atoms with Crippen LogP contribution in [0.15, 0.2) is 63.2 Å². The lowest BCUT2D eigenvalue weighted by Crippen LogP contribution is -2.52. The fourth-order valence-electron chi connectivity index (χ4n) is 2.42. The molecule has 134 valence electrons. The van der Waals surface area contributed by atoms with Crippen molar-refractivity contribution in [3.63, 3.8) is 0 Å². The minimum Gasteiger partial charge on any atom is -0.463 e. The van der Waals surface area contributed by atoms with E-state index < -0.39 is 11.9 Å². The Bertz CT molecular complexity index is 828. The fourth-order valence-corrected chi connectivity index (χ4v) is 2.42. The van der Waals surface area contributed by atoms with E-state index in [4.69, 9.17) is 4.42 Å². The van der Waals surface area contributed by atoms with Gasteiger partial charge in [0.1, 0.15) is 23.3 Å². The molecule has 3 rings (SSSR count). The van der Waals surface area contributed by atoms with Crippen LogP contribution >= 0.6 is 0 Å². The summed E-state index contributed by atoms with van der Waals surface area (Å²) < 4.78 is 5.19. The highest BCUT2D eigenvalue weighted by Gasteiger charge is 2.25. The first kappa shape index (κ1) is 17.4. The highest BCUT2D eigenvalue weighted by atomic mass is 16.3. The van der Waals surface area contributed by atoms with Gasteiger partial charge in [-0.1, -0.05) is 30.3 Å². The number of hydrogen-bond acceptors (Lipinski definition) is 6. The number of furan rings is 1. The largest absolute Gasteiger partial charge is 0.463 e. The van der Waals surface area contributed by atoms with Crippen molar-refractivity contribution in [3.8, 4) is 0 Å². The number of aliphatic imine (C=N–C) groups is 1. The zero-order valence-corrected chi connectivity index (χ0v) is 14.2. The van der Waals surface area contributed by atoms with E-state index in [0.29, 0.717) is 23.7 Å². The van der Waals surface area contributed by atoms with Crippen molar-refractivity contribution in [2.75, 3.05) is 0 Å². The Hall–Kier alpha value is -3.42. The molecule has 0 saturated carbocycles. The molecule has 26 heavy (non-hydrogen) atoms. The van der Waals surface area contributed by atoms with Crippen molar-refractivity contribution in [2.45, 2.75) is 25.8 Å². The predicted octanol–water partition coefficient (Wildman–Crippen LogP) is 1.15. The zero-order chi connectivity index (χ0) is 18.4. The summed E-state index contributed by atoms with van der Waals surface area (Å²) in [4.78, 5) is 28.4. The second kappa shape index (κ2) is 8.11. The number of nitrogens with one attached hydrogen (secondary N) is 3. The zero-order valence-electron chi connectivity index (χ0n) is 14.2. The molecule has 0 radical (unpaired) electrons. The number of carbonyl (C=O) groups is 2. The van der Waals surface area contributed by atoms with Crippen LogP contribution in [0, 0.1) is 0 Å². The predicted molar refractivity (Wildman–Crippen MR) is 96.3 cm³/mol. The molecular formula is C18H19N5O3. The molecule has 1 aliphatic heterocycles. The monoisotopic (exact) mass is 353 g/mol. The first-order chi connectivity index (χ1) is 12.6. The van der Waals surface area contributed by atoms with Gasteiger partial charge in [0, 0.05) is 6.42 Å². The molecule has 0 saturated heterocycles. The first-order valence-corrected chi connectivity index (χ1v) is 8.15. The van der Waals surface area contributed by atoms with Gasteiger partial charge in [0.25, 0.3) is 5.91 Å². The molecule has 1 atom stereocenters. The van der Waals surface area contributed by atoms with Gasteiger partial charge in [-0.2, -0.15) is 5.10 Å². The summed E-state index contributed by atoms with van der Waals surface area (Å²) in [5, 5.41) is 3.97. The first-order valence-electron chi connectivity index (χ1n) is 8.15. The third kappa shape index (κ3) is 4.56. The highest BCUT2D eigenvalue weighted by Crippen LogP contribution is 2.07. The number of hydrogen-bond donors (Lipinski definition) is 3. The number of hydrazone groups is 1. The van der Waals surface area contributed by atoms with Crippen molar-refractivity contribution in [1.29, 1.82) is 0 Å². The van der Waals surface area contributed by atoms with Gasteiger partial charge < -0.3 is 4.42 Å². The number of hydrazine groups is 1. The molecule has 8 nitrogen and oxygen atoms in total. The van der Waals surface area contributed by atoms with Gasteiger partial charge in [0.15, 0.2) is 0 Å². The van der Waals surface area contributed by atoms with E-state index in [9.17, 15) is 9.59 Å². The van der Waals surface area contributed by atoms with Crippen molar-refractivity contribution in [1.82, 2.24) is 16.3 Å². The maximum Gasteiger partial charge on any atom is 0.263 e. The molecular weight excluding hydrogens is 334 g/mol. The summed E-state index contributed by atoms with van der Waals surface area (Å²) in [7, 11) is 0. The molecule has 8 heteroatoms. The van der Waals surface area contributed by atoms with Crippen LogP contribution in [0.3, 0.4) is 0 Å². The van der Waals surface area contributed by atoms with E-state index in [-0.39, 0.29) is 12.3 Å². The van der Waals surface area contributed by atoms with Crippen molar-refractivity contribution in [3.05, 3.63) is 60.1 Å². The molecule has 1 aromatic heterocycles. The molecule has 1 aromatic carbocycles. The number of nitrogens with zero attached hydrogens (tertiary/aromatic N) is 2. The standard InChI is InChI=1S/C18H19N5O3/c1-12(15-8-5-9-26-15)20-22-17(24)11-14-18(25)23-21-16(19-14)10-13-6-3-2-4-7-13/h2-9,14H,10-11H2,1H3,(H,19,21)(H,22,24)(H,23,25). The SMILES string of the molecule is CC(=NNC(=O)CC1N=C(Cc2ccccc2)NNC1=O)c1ccco1. The van der Waals surface area contributed by atoms with Gasteiger partial charge in [-0.25, -0.2) is 5.43 Å². The summed E-state index contributed by atoms with van der Waals surface area (Å²) >= 11 is 0. The molecule has 2 amide bonds. The van der Waals surface area contributed by atoms with Gasteiger partial charge in [0.2, 0.25) is 5.91 Å². The van der Waals surface area contributed by atoms with Crippen molar-refractivity contribution >= 4 is 23.4 Å². The average molecular weight is 353 g/mol. The summed E-state index contributed by atoms with van der Waals surface area (Å²) in [5.41, 5.74) is 9.32. The third-order valence-electron chi connectivity index (χ3n) is 3.76. The second-order valence-corrected chi connectivity index (χ2v) is 5.78. The molecule has 0 aliphatic carbocycles. The maximum absolute atomic E-state index is 12.1. The summed E-state index contributed by atoms with van der Waals surface area (Å²) in [6.45, 7) is 1.71. The summed E-state index contributed by atoms with van der Waals surface area (Å²) in [5.74, 6) is 0.404. The van der Waals surface area contributed by atoms with Crippen molar-refractivity contribution in [2.24, 2.45) is 10.1 Å². The quantitative estimate of drug-likeness (QED) is 0.535. The molecule has 0 spiro atoms. The van der Waals surface area contributed by atoms with E-state index >= 15 is 0 Å². The van der Waals surface area contributed by atoms with Crippen LogP contribution in [0.25, 0.3) is 0 Å². The minimum atomic E-state index is -0.797. The van der Waals surface area contributed by atoms with Crippen LogP contribution in [0.2, 0.25) is 0 Å². The van der Waals surface area contributed by atoms with Gasteiger partial charge in [-0.3, -0.25) is 25.4 Å². The Balaban J connectivity index is 1.60. The maximum atomic E-state index is 12.1. The molecule has 2 aromatic rings. The van der Waals surface area contributed by atoms with E-state index in [1.54, 1.807) is 19.1 Å². The van der Waals surface area contributed by atoms with E-state index in [2.05, 4.69) is 26.4 Å². The molecule has 3 N–H and O–H groups in total. The Morgan fingerprint density at radius 1 is 1.23 bits per heavy atom. The lowest BCUT2D eigenvalue weighted by atomic mass is 10.1. The second-order valence-electron chi connectivity index (χ2n) is 5.78. The Labute approximate surface area is 150 Å². The average Bonchev–Trinajstić information content (AvgIpc) is 3.18. The third-order valence-corrected chi connectivity index (χ3v) is 3.76. The Morgan fingerprint density at radius 3 is 2.77 bits per heavy atom. The van der Waals surface area contributed by atoms with Crippen LogP contribution in [0.5, 0.6) is 0 Å². The summed E-state index contributed by atoms with van der Waals surface area (Å²) in [6, 6.07) is 12.4. The van der Waals surface area contributed by atoms with E-state index in [0.717, 1.165) is 5.56 Å². The molecule has 0 bridgehead atoms. The lowest BCUT2D eigenvalue weighted by Gasteiger charge is -2.21. The number of benzene rings is 1. The lowest BCUT2D eigenvalue weighted by molar-refractivity contribution is -0.128. The molecule has 0 fully saturated rings. The topological polar surface area (TPSA) is 108 Å². The van der Waals surface area contributed by atoms with Crippen molar-refractivity contribution < 1.29 is 14.0 Å². The Morgan fingerprint density at radius 2 is 2.04 bits per heavy atom. The number of rotatable bonds is 6. The van der Waals surface area contributed by atoms with E-state index in [1.165, 1.54) is 6.26 Å². The smallest absolute Gasteiger partial charge is 0.263 e. The summed E-state index contributed by atoms with van der Waals surface area (Å²) in [6.07, 6.45) is 1.97. The van der Waals surface area contributed by atoms with E-state index in [1.807, 2.05) is 30.3 Å². The van der Waals surface area contributed by atoms with Gasteiger partial charge >= 0.3 is 0 Å². The normalized spacial score (nSPS) is 17.1. The molecule has 2 heterocycles. The number of amides is 2. The minimum absolute atomic E-state index is 0.0965. The van der Waals surface area contributed by atoms with Gasteiger partial charge in [0.05, 0.1) is 12.7 Å². The number of amidine groups is 1. The van der Waals surface area contributed by atoms with Gasteiger partial charge in [-0.05, 0) is 24.6 Å². The van der Waals surface area contributed by atoms with Crippen LogP contribution in [-0.2, 0) is 16.0 Å². The fraction of sp³-hybridized carbons (Fsp3) is 0.222. The van der Waals surface area contributed by atoms with Crippen LogP contribution in [0.1, 0.15) is 24.7 Å².